The minimum atomic E-state index is -0.249. The van der Waals surface area contributed by atoms with Crippen LogP contribution in [0.2, 0.25) is 0 Å². The summed E-state index contributed by atoms with van der Waals surface area (Å²) in [6, 6.07) is 18.2. The first-order chi connectivity index (χ1) is 14.9. The van der Waals surface area contributed by atoms with Gasteiger partial charge in [0.05, 0.1) is 11.5 Å². The molecule has 0 atom stereocenters. The van der Waals surface area contributed by atoms with Gasteiger partial charge in [0.15, 0.2) is 5.16 Å². The van der Waals surface area contributed by atoms with Crippen molar-refractivity contribution in [2.45, 2.75) is 25.9 Å². The van der Waals surface area contributed by atoms with Crippen LogP contribution in [0.25, 0.3) is 0 Å². The summed E-state index contributed by atoms with van der Waals surface area (Å²) in [6.45, 7) is 5.57. The van der Waals surface area contributed by atoms with Crippen LogP contribution < -0.4 is 10.7 Å². The number of amides is 2. The molecule has 2 aromatic carbocycles. The van der Waals surface area contributed by atoms with E-state index in [4.69, 9.17) is 0 Å². The highest BCUT2D eigenvalue weighted by Crippen LogP contribution is 2.15. The van der Waals surface area contributed by atoms with E-state index in [1.54, 1.807) is 25.1 Å². The maximum absolute atomic E-state index is 12.3. The molecule has 0 aliphatic carbocycles. The first kappa shape index (κ1) is 22.2. The molecule has 0 aliphatic rings. The van der Waals surface area contributed by atoms with E-state index in [0.717, 1.165) is 17.0 Å². The molecule has 0 saturated heterocycles. The van der Waals surface area contributed by atoms with Crippen molar-refractivity contribution in [1.29, 1.82) is 0 Å². The quantitative estimate of drug-likeness (QED) is 0.254. The van der Waals surface area contributed by atoms with Crippen LogP contribution in [0, 0.1) is 13.8 Å². The van der Waals surface area contributed by atoms with Gasteiger partial charge in [-0.2, -0.15) is 5.10 Å². The minimum Gasteiger partial charge on any atom is -0.322 e. The van der Waals surface area contributed by atoms with Crippen LogP contribution in [0.15, 0.2) is 70.9 Å². The summed E-state index contributed by atoms with van der Waals surface area (Å²) in [4.78, 5) is 33.1. The van der Waals surface area contributed by atoms with E-state index < -0.39 is 0 Å². The number of hydrogen-bond donors (Lipinski definition) is 2. The molecular formula is C23H23N5O2S. The van der Waals surface area contributed by atoms with Gasteiger partial charge in [-0.15, -0.1) is 0 Å². The van der Waals surface area contributed by atoms with Crippen LogP contribution in [0.1, 0.15) is 34.2 Å². The Morgan fingerprint density at radius 3 is 2.32 bits per heavy atom. The Hall–Kier alpha value is -3.52. The molecule has 1 aromatic heterocycles. The summed E-state index contributed by atoms with van der Waals surface area (Å²) in [6.07, 6.45) is 0. The second-order valence-electron chi connectivity index (χ2n) is 6.86. The molecule has 3 aromatic rings. The third-order valence-electron chi connectivity index (χ3n) is 4.22. The van der Waals surface area contributed by atoms with Gasteiger partial charge < -0.3 is 5.32 Å². The van der Waals surface area contributed by atoms with Crippen molar-refractivity contribution < 1.29 is 9.59 Å². The predicted molar refractivity (Wildman–Crippen MR) is 123 cm³/mol. The van der Waals surface area contributed by atoms with Crippen LogP contribution in [0.3, 0.4) is 0 Å². The van der Waals surface area contributed by atoms with Gasteiger partial charge in [0.25, 0.3) is 11.8 Å². The van der Waals surface area contributed by atoms with Gasteiger partial charge in [0.2, 0.25) is 0 Å². The van der Waals surface area contributed by atoms with Gasteiger partial charge >= 0.3 is 0 Å². The van der Waals surface area contributed by atoms with E-state index >= 15 is 0 Å². The Morgan fingerprint density at radius 1 is 0.935 bits per heavy atom. The highest BCUT2D eigenvalue weighted by Gasteiger charge is 2.08. The fraction of sp³-hybridized carbons (Fsp3) is 0.174. The smallest absolute Gasteiger partial charge is 0.255 e. The standard InChI is InChI=1S/C23H23N5O2S/c1-15-12-16(2)25-23(24-15)31-14-21(29)28-27-17(3)19-10-7-11-20(13-19)26-22(30)18-8-5-4-6-9-18/h4-13H,14H2,1-3H3,(H,26,30)(H,28,29)/b27-17+. The lowest BCUT2D eigenvalue weighted by molar-refractivity contribution is -0.118. The maximum atomic E-state index is 12.3. The summed E-state index contributed by atoms with van der Waals surface area (Å²) in [5.74, 6) is -0.278. The van der Waals surface area contributed by atoms with E-state index in [0.29, 0.717) is 22.1 Å². The number of nitrogens with zero attached hydrogens (tertiary/aromatic N) is 3. The average Bonchev–Trinajstić information content (AvgIpc) is 2.76. The molecule has 0 unspecified atom stereocenters. The fourth-order valence-corrected chi connectivity index (χ4v) is 3.49. The number of anilines is 1. The second-order valence-corrected chi connectivity index (χ2v) is 7.80. The highest BCUT2D eigenvalue weighted by molar-refractivity contribution is 7.99. The largest absolute Gasteiger partial charge is 0.322 e. The first-order valence-electron chi connectivity index (χ1n) is 9.66. The molecular weight excluding hydrogens is 410 g/mol. The van der Waals surface area contributed by atoms with Gasteiger partial charge in [-0.25, -0.2) is 15.4 Å². The Morgan fingerprint density at radius 2 is 1.61 bits per heavy atom. The Kier molecular flexibility index (Phi) is 7.50. The Bertz CT molecular complexity index is 1100. The Balaban J connectivity index is 1.57. The van der Waals surface area contributed by atoms with Crippen LogP contribution >= 0.6 is 11.8 Å². The molecule has 0 aliphatic heterocycles. The van der Waals surface area contributed by atoms with Crippen molar-refractivity contribution in [3.8, 4) is 0 Å². The molecule has 0 bridgehead atoms. The zero-order valence-corrected chi connectivity index (χ0v) is 18.4. The van der Waals surface area contributed by atoms with Gasteiger partial charge in [0.1, 0.15) is 0 Å². The third-order valence-corrected chi connectivity index (χ3v) is 5.06. The number of carbonyl (C=O) groups is 2. The highest BCUT2D eigenvalue weighted by atomic mass is 32.2. The molecule has 158 valence electrons. The van der Waals surface area contributed by atoms with E-state index in [9.17, 15) is 9.59 Å². The number of benzene rings is 2. The molecule has 2 N–H and O–H groups in total. The number of thioether (sulfide) groups is 1. The van der Waals surface area contributed by atoms with Crippen molar-refractivity contribution in [3.63, 3.8) is 0 Å². The summed E-state index contributed by atoms with van der Waals surface area (Å²) in [7, 11) is 0. The lowest BCUT2D eigenvalue weighted by Gasteiger charge is -2.08. The molecule has 0 radical (unpaired) electrons. The van der Waals surface area contributed by atoms with Gasteiger partial charge in [0, 0.05) is 22.6 Å². The topological polar surface area (TPSA) is 96.3 Å². The number of hydrogen-bond acceptors (Lipinski definition) is 6. The second kappa shape index (κ2) is 10.5. The Labute approximate surface area is 185 Å². The molecule has 7 nitrogen and oxygen atoms in total. The maximum Gasteiger partial charge on any atom is 0.255 e. The number of aryl methyl sites for hydroxylation is 2. The van der Waals surface area contributed by atoms with Crippen LogP contribution in [-0.2, 0) is 4.79 Å². The van der Waals surface area contributed by atoms with Crippen molar-refractivity contribution in [2.75, 3.05) is 11.1 Å². The lowest BCUT2D eigenvalue weighted by Crippen LogP contribution is -2.21. The molecule has 0 fully saturated rings. The SMILES string of the molecule is C/C(=N\NC(=O)CSc1nc(C)cc(C)n1)c1cccc(NC(=O)c2ccccc2)c1. The molecule has 2 amide bonds. The van der Waals surface area contributed by atoms with Gasteiger partial charge in [-0.05, 0) is 56.7 Å². The summed E-state index contributed by atoms with van der Waals surface area (Å²) in [5, 5.41) is 7.60. The van der Waals surface area contributed by atoms with Crippen molar-refractivity contribution >= 4 is 35.0 Å². The van der Waals surface area contributed by atoms with E-state index in [1.165, 1.54) is 11.8 Å². The number of nitrogens with one attached hydrogen (secondary N) is 2. The van der Waals surface area contributed by atoms with E-state index in [2.05, 4.69) is 25.8 Å². The van der Waals surface area contributed by atoms with Crippen LogP contribution in [0.4, 0.5) is 5.69 Å². The van der Waals surface area contributed by atoms with Gasteiger partial charge in [-0.3, -0.25) is 9.59 Å². The third kappa shape index (κ3) is 6.75. The molecule has 3 rings (SSSR count). The predicted octanol–water partition coefficient (Wildman–Crippen LogP) is 3.98. The van der Waals surface area contributed by atoms with Crippen LogP contribution in [0.5, 0.6) is 0 Å². The molecule has 8 heteroatoms. The minimum absolute atomic E-state index is 0.160. The van der Waals surface area contributed by atoms with E-state index in [-0.39, 0.29) is 17.6 Å². The average molecular weight is 434 g/mol. The zero-order valence-electron chi connectivity index (χ0n) is 17.5. The van der Waals surface area contributed by atoms with E-state index in [1.807, 2.05) is 56.3 Å². The zero-order chi connectivity index (χ0) is 22.2. The number of hydrazone groups is 1. The van der Waals surface area contributed by atoms with Gasteiger partial charge in [-0.1, -0.05) is 42.1 Å². The monoisotopic (exact) mass is 433 g/mol. The summed E-state index contributed by atoms with van der Waals surface area (Å²) in [5.41, 5.74) is 6.92. The molecule has 0 saturated carbocycles. The van der Waals surface area contributed by atoms with Crippen molar-refractivity contribution in [1.82, 2.24) is 15.4 Å². The van der Waals surface area contributed by atoms with Crippen molar-refractivity contribution in [3.05, 3.63) is 83.2 Å². The number of aromatic nitrogens is 2. The first-order valence-corrected chi connectivity index (χ1v) is 10.6. The molecule has 1 heterocycles. The molecule has 0 spiro atoms. The number of carbonyl (C=O) groups excluding carboxylic acids is 2. The fourth-order valence-electron chi connectivity index (χ4n) is 2.75. The number of rotatable bonds is 7. The summed E-state index contributed by atoms with van der Waals surface area (Å²) < 4.78 is 0. The lowest BCUT2D eigenvalue weighted by atomic mass is 10.1. The van der Waals surface area contributed by atoms with Crippen molar-refractivity contribution in [2.24, 2.45) is 5.10 Å². The normalized spacial score (nSPS) is 11.1. The van der Waals surface area contributed by atoms with Crippen LogP contribution in [-0.4, -0.2) is 33.2 Å². The summed E-state index contributed by atoms with van der Waals surface area (Å²) >= 11 is 1.26. The molecule has 31 heavy (non-hydrogen) atoms.